The van der Waals surface area contributed by atoms with Crippen LogP contribution in [0.4, 0.5) is 0 Å². The minimum Gasteiger partial charge on any atom is -0.394 e. The molecule has 1 saturated carbocycles. The fraction of sp³-hybridized carbons (Fsp3) is 0.889. The minimum atomic E-state index is -1.52. The second-order valence-electron chi connectivity index (χ2n) is 8.27. The van der Waals surface area contributed by atoms with Crippen LogP contribution in [0.2, 0.25) is 0 Å². The largest absolute Gasteiger partial charge is 0.394 e. The number of allylic oxidation sites excluding steroid dienone is 1. The van der Waals surface area contributed by atoms with Crippen molar-refractivity contribution in [2.24, 2.45) is 11.8 Å². The first-order chi connectivity index (χ1) is 12.1. The van der Waals surface area contributed by atoms with E-state index in [9.17, 15) is 30.6 Å². The zero-order valence-corrected chi connectivity index (χ0v) is 15.1. The molecule has 6 N–H and O–H groups in total. The highest BCUT2D eigenvalue weighted by molar-refractivity contribution is 5.16. The zero-order chi connectivity index (χ0) is 19.3. The number of aliphatic hydroxyl groups excluding tert-OH is 5. The molecule has 1 heterocycles. The van der Waals surface area contributed by atoms with Gasteiger partial charge in [-0.05, 0) is 26.7 Å². The standard InChI is InChI=1S/C18H30O8/c1-17(24)6-4-3-5-9-12(17)10(20)7-18(9,2)26-16-15(23)14(22)13(21)11(8-19)25-16/h3,5,9-16,19-24H,4,6-8H2,1-2H3/t9-,10-,11+,12-,13+,14-,15+,16-,17+,18-/m0/s1. The van der Waals surface area contributed by atoms with Gasteiger partial charge >= 0.3 is 0 Å². The van der Waals surface area contributed by atoms with Gasteiger partial charge in [0.2, 0.25) is 0 Å². The summed E-state index contributed by atoms with van der Waals surface area (Å²) in [5, 5.41) is 60.8. The maximum absolute atomic E-state index is 10.8. The van der Waals surface area contributed by atoms with E-state index in [1.165, 1.54) is 0 Å². The lowest BCUT2D eigenvalue weighted by atomic mass is 9.77. The monoisotopic (exact) mass is 374 g/mol. The van der Waals surface area contributed by atoms with Crippen LogP contribution in [0.1, 0.15) is 33.1 Å². The van der Waals surface area contributed by atoms with Crippen molar-refractivity contribution in [3.05, 3.63) is 12.2 Å². The summed E-state index contributed by atoms with van der Waals surface area (Å²) in [6, 6.07) is 0. The maximum atomic E-state index is 10.8. The van der Waals surface area contributed by atoms with Crippen LogP contribution in [0.15, 0.2) is 12.2 Å². The second-order valence-corrected chi connectivity index (χ2v) is 8.27. The van der Waals surface area contributed by atoms with Crippen molar-refractivity contribution in [1.82, 2.24) is 0 Å². The molecule has 0 aromatic carbocycles. The molecule has 0 aromatic heterocycles. The molecule has 3 aliphatic rings. The lowest BCUT2D eigenvalue weighted by Gasteiger charge is -2.44. The topological polar surface area (TPSA) is 140 Å². The van der Waals surface area contributed by atoms with Crippen LogP contribution < -0.4 is 0 Å². The molecule has 10 atom stereocenters. The van der Waals surface area contributed by atoms with Crippen LogP contribution in [-0.4, -0.2) is 85.3 Å². The molecular weight excluding hydrogens is 344 g/mol. The van der Waals surface area contributed by atoms with Crippen LogP contribution in [0.5, 0.6) is 0 Å². The molecule has 1 aliphatic heterocycles. The van der Waals surface area contributed by atoms with Gasteiger partial charge in [0.1, 0.15) is 24.4 Å². The number of hydrogen-bond donors (Lipinski definition) is 6. The van der Waals surface area contributed by atoms with Gasteiger partial charge in [-0.15, -0.1) is 0 Å². The molecule has 8 nitrogen and oxygen atoms in total. The first-order valence-corrected chi connectivity index (χ1v) is 9.16. The van der Waals surface area contributed by atoms with Crippen molar-refractivity contribution in [1.29, 1.82) is 0 Å². The Bertz CT molecular complexity index is 535. The van der Waals surface area contributed by atoms with Gasteiger partial charge in [0, 0.05) is 18.3 Å². The molecule has 0 spiro atoms. The molecule has 0 radical (unpaired) electrons. The van der Waals surface area contributed by atoms with Crippen LogP contribution in [0.3, 0.4) is 0 Å². The Balaban J connectivity index is 1.84. The molecule has 3 rings (SSSR count). The van der Waals surface area contributed by atoms with Crippen LogP contribution in [0, 0.1) is 11.8 Å². The summed E-state index contributed by atoms with van der Waals surface area (Å²) < 4.78 is 11.5. The van der Waals surface area contributed by atoms with Gasteiger partial charge in [0.15, 0.2) is 6.29 Å². The minimum absolute atomic E-state index is 0.220. The summed E-state index contributed by atoms with van der Waals surface area (Å²) in [5.41, 5.74) is -2.02. The lowest BCUT2D eigenvalue weighted by Crippen LogP contribution is -2.61. The molecule has 1 saturated heterocycles. The first kappa shape index (κ1) is 20.2. The molecule has 26 heavy (non-hydrogen) atoms. The Hall–Kier alpha value is -0.580. The highest BCUT2D eigenvalue weighted by Crippen LogP contribution is 2.51. The van der Waals surface area contributed by atoms with Crippen LogP contribution in [-0.2, 0) is 9.47 Å². The van der Waals surface area contributed by atoms with Crippen LogP contribution >= 0.6 is 0 Å². The Morgan fingerprint density at radius 1 is 1.12 bits per heavy atom. The van der Waals surface area contributed by atoms with Gasteiger partial charge in [-0.25, -0.2) is 0 Å². The predicted molar refractivity (Wildman–Crippen MR) is 89.9 cm³/mol. The fourth-order valence-corrected chi connectivity index (χ4v) is 4.76. The van der Waals surface area contributed by atoms with E-state index in [4.69, 9.17) is 9.47 Å². The summed E-state index contributed by atoms with van der Waals surface area (Å²) >= 11 is 0. The number of aliphatic hydroxyl groups is 6. The van der Waals surface area contributed by atoms with E-state index in [0.29, 0.717) is 12.8 Å². The van der Waals surface area contributed by atoms with E-state index in [2.05, 4.69) is 0 Å². The third kappa shape index (κ3) is 3.33. The number of rotatable bonds is 3. The summed E-state index contributed by atoms with van der Waals surface area (Å²) in [5.74, 6) is -0.751. The zero-order valence-electron chi connectivity index (χ0n) is 15.1. The van der Waals surface area contributed by atoms with Gasteiger partial charge in [-0.3, -0.25) is 0 Å². The van der Waals surface area contributed by atoms with E-state index in [1.807, 2.05) is 12.2 Å². The second kappa shape index (κ2) is 7.10. The molecule has 150 valence electrons. The van der Waals surface area contributed by atoms with Crippen molar-refractivity contribution in [2.45, 2.75) is 81.1 Å². The van der Waals surface area contributed by atoms with Gasteiger partial charge in [-0.2, -0.15) is 0 Å². The third-order valence-corrected chi connectivity index (χ3v) is 6.23. The first-order valence-electron chi connectivity index (χ1n) is 9.16. The highest BCUT2D eigenvalue weighted by Gasteiger charge is 2.58. The summed E-state index contributed by atoms with van der Waals surface area (Å²) in [7, 11) is 0. The Labute approximate surface area is 152 Å². The van der Waals surface area contributed by atoms with Crippen molar-refractivity contribution in [3.63, 3.8) is 0 Å². The van der Waals surface area contributed by atoms with Crippen molar-refractivity contribution >= 4 is 0 Å². The van der Waals surface area contributed by atoms with E-state index in [1.54, 1.807) is 13.8 Å². The lowest BCUT2D eigenvalue weighted by molar-refractivity contribution is -0.328. The van der Waals surface area contributed by atoms with E-state index < -0.39 is 60.5 Å². The maximum Gasteiger partial charge on any atom is 0.187 e. The smallest absolute Gasteiger partial charge is 0.187 e. The Morgan fingerprint density at radius 3 is 2.46 bits per heavy atom. The normalized spacial score (nSPS) is 54.8. The Morgan fingerprint density at radius 2 is 1.81 bits per heavy atom. The van der Waals surface area contributed by atoms with Gasteiger partial charge < -0.3 is 40.1 Å². The van der Waals surface area contributed by atoms with E-state index >= 15 is 0 Å². The van der Waals surface area contributed by atoms with Crippen LogP contribution in [0.25, 0.3) is 0 Å². The number of fused-ring (bicyclic) bond motifs is 1. The third-order valence-electron chi connectivity index (χ3n) is 6.23. The molecule has 0 amide bonds. The molecular formula is C18H30O8. The number of hydrogen-bond acceptors (Lipinski definition) is 8. The predicted octanol–water partition coefficient (Wildman–Crippen LogP) is -1.34. The summed E-state index contributed by atoms with van der Waals surface area (Å²) in [4.78, 5) is 0. The summed E-state index contributed by atoms with van der Waals surface area (Å²) in [6.07, 6.45) is -2.31. The van der Waals surface area contributed by atoms with Crippen molar-refractivity contribution < 1.29 is 40.1 Å². The molecule has 2 fully saturated rings. The van der Waals surface area contributed by atoms with Crippen molar-refractivity contribution in [2.75, 3.05) is 6.61 Å². The molecule has 0 bridgehead atoms. The average Bonchev–Trinajstić information content (AvgIpc) is 2.71. The average molecular weight is 374 g/mol. The summed E-state index contributed by atoms with van der Waals surface area (Å²) in [6.45, 7) is 2.94. The Kier molecular flexibility index (Phi) is 5.51. The molecule has 0 unspecified atom stereocenters. The fourth-order valence-electron chi connectivity index (χ4n) is 4.76. The highest BCUT2D eigenvalue weighted by atomic mass is 16.7. The van der Waals surface area contributed by atoms with Gasteiger partial charge in [-0.1, -0.05) is 12.2 Å². The molecule has 8 heteroatoms. The number of ether oxygens (including phenoxy) is 2. The van der Waals surface area contributed by atoms with Crippen molar-refractivity contribution in [3.8, 4) is 0 Å². The molecule has 2 aliphatic carbocycles. The SMILES string of the molecule is C[C@@]1(O)CCC=C[C@H]2[C@H]1[C@@H](O)C[C@]2(C)O[C@@H]1O[C@H](CO)[C@@H](O)[C@H](O)[C@H]1O. The van der Waals surface area contributed by atoms with E-state index in [0.717, 1.165) is 0 Å². The van der Waals surface area contributed by atoms with E-state index in [-0.39, 0.29) is 12.3 Å². The van der Waals surface area contributed by atoms with Gasteiger partial charge in [0.05, 0.1) is 23.9 Å². The molecule has 0 aromatic rings. The quantitative estimate of drug-likeness (QED) is 0.334. The van der Waals surface area contributed by atoms with Gasteiger partial charge in [0.25, 0.3) is 0 Å².